The molecule has 2 N–H and O–H groups in total. The van der Waals surface area contributed by atoms with E-state index in [2.05, 4.69) is 0 Å². The molecule has 0 amide bonds. The van der Waals surface area contributed by atoms with Gasteiger partial charge >= 0.3 is 0 Å². The van der Waals surface area contributed by atoms with Crippen molar-refractivity contribution in [1.82, 2.24) is 0 Å². The molecule has 0 radical (unpaired) electrons. The molecule has 0 aliphatic heterocycles. The number of hydrogen-bond acceptors (Lipinski definition) is 2. The molecule has 82 valence electrons. The molecule has 1 aromatic rings. The quantitative estimate of drug-likeness (QED) is 0.805. The number of halogens is 1. The van der Waals surface area contributed by atoms with E-state index in [1.54, 1.807) is 12.1 Å². The van der Waals surface area contributed by atoms with Crippen LogP contribution in [0.15, 0.2) is 24.3 Å². The molecule has 0 aliphatic rings. The zero-order chi connectivity index (χ0) is 11.3. The first-order chi connectivity index (χ1) is 7.17. The van der Waals surface area contributed by atoms with Gasteiger partial charge in [-0.05, 0) is 24.1 Å². The van der Waals surface area contributed by atoms with Crippen LogP contribution >= 0.6 is 0 Å². The average Bonchev–Trinajstić information content (AvgIpc) is 2.19. The van der Waals surface area contributed by atoms with E-state index in [0.717, 1.165) is 6.42 Å². The number of ketones is 1. The van der Waals surface area contributed by atoms with E-state index in [9.17, 15) is 9.18 Å². The number of Topliss-reactive ketones (excluding diaryl/α,β-unsaturated/α-hetero) is 1. The predicted molar refractivity (Wildman–Crippen MR) is 57.9 cm³/mol. The maximum Gasteiger partial charge on any atom is 0.141 e. The van der Waals surface area contributed by atoms with Gasteiger partial charge in [0, 0.05) is 18.9 Å². The van der Waals surface area contributed by atoms with Gasteiger partial charge in [-0.25, -0.2) is 4.39 Å². The largest absolute Gasteiger partial charge is 0.330 e. The van der Waals surface area contributed by atoms with Gasteiger partial charge in [0.2, 0.25) is 0 Å². The molecule has 1 unspecified atom stereocenters. The Morgan fingerprint density at radius 1 is 1.53 bits per heavy atom. The number of rotatable bonds is 5. The SMILES string of the molecule is CCC(CN)C(=O)Cc1cccc(F)c1. The predicted octanol–water partition coefficient (Wildman–Crippen LogP) is 1.92. The number of carbonyl (C=O) groups is 1. The number of carbonyl (C=O) groups excluding carboxylic acids is 1. The van der Waals surface area contributed by atoms with Gasteiger partial charge in [0.05, 0.1) is 0 Å². The Balaban J connectivity index is 2.65. The van der Waals surface area contributed by atoms with Crippen molar-refractivity contribution in [2.45, 2.75) is 19.8 Å². The Morgan fingerprint density at radius 3 is 2.80 bits per heavy atom. The van der Waals surface area contributed by atoms with E-state index in [1.165, 1.54) is 12.1 Å². The molecule has 1 atom stereocenters. The minimum Gasteiger partial charge on any atom is -0.330 e. The zero-order valence-corrected chi connectivity index (χ0v) is 8.87. The molecule has 0 aromatic heterocycles. The molecule has 3 heteroatoms. The summed E-state index contributed by atoms with van der Waals surface area (Å²) in [4.78, 5) is 11.7. The van der Waals surface area contributed by atoms with Crippen LogP contribution in [0.25, 0.3) is 0 Å². The molecule has 0 bridgehead atoms. The van der Waals surface area contributed by atoms with Gasteiger partial charge in [0.15, 0.2) is 0 Å². The fourth-order valence-electron chi connectivity index (χ4n) is 1.52. The molecular formula is C12H16FNO. The Bertz CT molecular complexity index is 334. The van der Waals surface area contributed by atoms with Crippen LogP contribution in [0.2, 0.25) is 0 Å². The van der Waals surface area contributed by atoms with Crippen molar-refractivity contribution in [2.75, 3.05) is 6.54 Å². The highest BCUT2D eigenvalue weighted by Crippen LogP contribution is 2.10. The third kappa shape index (κ3) is 3.44. The second kappa shape index (κ2) is 5.61. The lowest BCUT2D eigenvalue weighted by molar-refractivity contribution is -0.122. The van der Waals surface area contributed by atoms with Crippen molar-refractivity contribution in [3.63, 3.8) is 0 Å². The lowest BCUT2D eigenvalue weighted by Crippen LogP contribution is -2.24. The fourth-order valence-corrected chi connectivity index (χ4v) is 1.52. The van der Waals surface area contributed by atoms with Crippen molar-refractivity contribution in [1.29, 1.82) is 0 Å². The number of nitrogens with two attached hydrogens (primary N) is 1. The van der Waals surface area contributed by atoms with E-state index in [-0.39, 0.29) is 23.9 Å². The van der Waals surface area contributed by atoms with E-state index in [4.69, 9.17) is 5.73 Å². The van der Waals surface area contributed by atoms with Gasteiger partial charge in [0.25, 0.3) is 0 Å². The van der Waals surface area contributed by atoms with Crippen molar-refractivity contribution in [3.05, 3.63) is 35.6 Å². The van der Waals surface area contributed by atoms with Crippen LogP contribution in [-0.2, 0) is 11.2 Å². The molecule has 0 spiro atoms. The minimum absolute atomic E-state index is 0.0885. The summed E-state index contributed by atoms with van der Waals surface area (Å²) in [6.45, 7) is 2.30. The van der Waals surface area contributed by atoms with Crippen LogP contribution in [0.3, 0.4) is 0 Å². The summed E-state index contributed by atoms with van der Waals surface area (Å²) >= 11 is 0. The van der Waals surface area contributed by atoms with Gasteiger partial charge in [-0.2, -0.15) is 0 Å². The molecule has 2 nitrogen and oxygen atoms in total. The summed E-state index contributed by atoms with van der Waals surface area (Å²) in [6.07, 6.45) is 1.01. The highest BCUT2D eigenvalue weighted by atomic mass is 19.1. The Hall–Kier alpha value is -1.22. The molecule has 0 aliphatic carbocycles. The average molecular weight is 209 g/mol. The lowest BCUT2D eigenvalue weighted by atomic mass is 9.96. The van der Waals surface area contributed by atoms with Gasteiger partial charge in [-0.15, -0.1) is 0 Å². The third-order valence-corrected chi connectivity index (χ3v) is 2.50. The molecule has 1 rings (SSSR count). The molecule has 0 heterocycles. The molecular weight excluding hydrogens is 193 g/mol. The Morgan fingerprint density at radius 2 is 2.27 bits per heavy atom. The molecule has 1 aromatic carbocycles. The van der Waals surface area contributed by atoms with Crippen LogP contribution in [0.5, 0.6) is 0 Å². The molecule has 0 saturated carbocycles. The van der Waals surface area contributed by atoms with E-state index in [0.29, 0.717) is 12.1 Å². The Kier molecular flexibility index (Phi) is 4.43. The Labute approximate surface area is 89.3 Å². The normalized spacial score (nSPS) is 12.5. The number of benzene rings is 1. The number of hydrogen-bond donors (Lipinski definition) is 1. The first kappa shape index (κ1) is 11.9. The maximum absolute atomic E-state index is 12.8. The fraction of sp³-hybridized carbons (Fsp3) is 0.417. The monoisotopic (exact) mass is 209 g/mol. The zero-order valence-electron chi connectivity index (χ0n) is 8.87. The van der Waals surface area contributed by atoms with Crippen molar-refractivity contribution < 1.29 is 9.18 Å². The maximum atomic E-state index is 12.8. The van der Waals surface area contributed by atoms with Crippen LogP contribution in [0.1, 0.15) is 18.9 Å². The van der Waals surface area contributed by atoms with Crippen LogP contribution < -0.4 is 5.73 Å². The van der Waals surface area contributed by atoms with Gasteiger partial charge in [-0.3, -0.25) is 4.79 Å². The summed E-state index contributed by atoms with van der Waals surface area (Å²) in [7, 11) is 0. The van der Waals surface area contributed by atoms with Crippen molar-refractivity contribution in [2.24, 2.45) is 11.7 Å². The van der Waals surface area contributed by atoms with E-state index >= 15 is 0 Å². The standard InChI is InChI=1S/C12H16FNO/c1-2-10(8-14)12(15)7-9-4-3-5-11(13)6-9/h3-6,10H,2,7-8,14H2,1H3. The highest BCUT2D eigenvalue weighted by Gasteiger charge is 2.14. The molecule has 0 saturated heterocycles. The van der Waals surface area contributed by atoms with Crippen LogP contribution in [0, 0.1) is 11.7 Å². The van der Waals surface area contributed by atoms with Gasteiger partial charge in [-0.1, -0.05) is 19.1 Å². The third-order valence-electron chi connectivity index (χ3n) is 2.50. The van der Waals surface area contributed by atoms with Crippen LogP contribution in [-0.4, -0.2) is 12.3 Å². The summed E-state index contributed by atoms with van der Waals surface area (Å²) in [5.74, 6) is -0.319. The topological polar surface area (TPSA) is 43.1 Å². The van der Waals surface area contributed by atoms with Crippen LogP contribution in [0.4, 0.5) is 4.39 Å². The molecule has 15 heavy (non-hydrogen) atoms. The van der Waals surface area contributed by atoms with E-state index < -0.39 is 0 Å². The summed E-state index contributed by atoms with van der Waals surface area (Å²) in [6, 6.07) is 6.13. The summed E-state index contributed by atoms with van der Waals surface area (Å²) < 4.78 is 12.8. The smallest absolute Gasteiger partial charge is 0.141 e. The van der Waals surface area contributed by atoms with Gasteiger partial charge < -0.3 is 5.73 Å². The van der Waals surface area contributed by atoms with E-state index in [1.807, 2.05) is 6.92 Å². The van der Waals surface area contributed by atoms with Gasteiger partial charge in [0.1, 0.15) is 11.6 Å². The van der Waals surface area contributed by atoms with Crippen molar-refractivity contribution >= 4 is 5.78 Å². The highest BCUT2D eigenvalue weighted by molar-refractivity contribution is 5.83. The first-order valence-corrected chi connectivity index (χ1v) is 5.14. The van der Waals surface area contributed by atoms with Crippen molar-refractivity contribution in [3.8, 4) is 0 Å². The molecule has 0 fully saturated rings. The summed E-state index contributed by atoms with van der Waals surface area (Å²) in [5.41, 5.74) is 6.19. The second-order valence-electron chi connectivity index (χ2n) is 3.61. The minimum atomic E-state index is -0.305. The second-order valence-corrected chi connectivity index (χ2v) is 3.61. The lowest BCUT2D eigenvalue weighted by Gasteiger charge is -2.10. The first-order valence-electron chi connectivity index (χ1n) is 5.14. The summed E-state index contributed by atoms with van der Waals surface area (Å²) in [5, 5.41) is 0.